The number of piperazine rings is 1. The minimum Gasteiger partial charge on any atom is -0.339 e. The summed E-state index contributed by atoms with van der Waals surface area (Å²) in [5, 5.41) is 3.27. The van der Waals surface area contributed by atoms with E-state index >= 15 is 0 Å². The van der Waals surface area contributed by atoms with Gasteiger partial charge in [0, 0.05) is 26.2 Å². The standard InChI is InChI=1S/C17H27N3O/c1-2-19-11-13-20(14-12-19)17(21)15-18-10-6-9-16-7-4-3-5-8-16/h3-5,7-8,18H,2,6,9-15H2,1H3. The van der Waals surface area contributed by atoms with Gasteiger partial charge in [-0.25, -0.2) is 0 Å². The second-order valence-corrected chi connectivity index (χ2v) is 5.58. The molecule has 1 amide bonds. The van der Waals surface area contributed by atoms with Crippen molar-refractivity contribution < 1.29 is 4.79 Å². The van der Waals surface area contributed by atoms with Gasteiger partial charge in [0.05, 0.1) is 6.54 Å². The first-order valence-electron chi connectivity index (χ1n) is 8.04. The molecule has 0 unspecified atom stereocenters. The van der Waals surface area contributed by atoms with Crippen LogP contribution in [-0.4, -0.2) is 61.5 Å². The number of hydrogen-bond donors (Lipinski definition) is 1. The fraction of sp³-hybridized carbons (Fsp3) is 0.588. The smallest absolute Gasteiger partial charge is 0.236 e. The summed E-state index contributed by atoms with van der Waals surface area (Å²) in [7, 11) is 0. The van der Waals surface area contributed by atoms with Gasteiger partial charge in [-0.1, -0.05) is 37.3 Å². The summed E-state index contributed by atoms with van der Waals surface area (Å²) < 4.78 is 0. The number of carbonyl (C=O) groups excluding carboxylic acids is 1. The van der Waals surface area contributed by atoms with Crippen LogP contribution in [0.25, 0.3) is 0 Å². The van der Waals surface area contributed by atoms with Crippen LogP contribution < -0.4 is 5.32 Å². The quantitative estimate of drug-likeness (QED) is 0.770. The predicted molar refractivity (Wildman–Crippen MR) is 86.3 cm³/mol. The Kier molecular flexibility index (Phi) is 6.70. The van der Waals surface area contributed by atoms with Gasteiger partial charge < -0.3 is 15.1 Å². The maximum absolute atomic E-state index is 12.1. The summed E-state index contributed by atoms with van der Waals surface area (Å²) in [4.78, 5) is 16.4. The lowest BCUT2D eigenvalue weighted by molar-refractivity contribution is -0.131. The third-order valence-corrected chi connectivity index (χ3v) is 4.11. The van der Waals surface area contributed by atoms with Crippen molar-refractivity contribution in [3.05, 3.63) is 35.9 Å². The van der Waals surface area contributed by atoms with Crippen molar-refractivity contribution in [1.29, 1.82) is 0 Å². The van der Waals surface area contributed by atoms with E-state index < -0.39 is 0 Å². The Morgan fingerprint density at radius 3 is 2.52 bits per heavy atom. The first kappa shape index (κ1) is 16.0. The minimum atomic E-state index is 0.241. The number of carbonyl (C=O) groups is 1. The molecule has 0 bridgehead atoms. The normalized spacial score (nSPS) is 16.1. The molecule has 0 saturated carbocycles. The van der Waals surface area contributed by atoms with Crippen LogP contribution in [0.4, 0.5) is 0 Å². The topological polar surface area (TPSA) is 35.6 Å². The van der Waals surface area contributed by atoms with Crippen molar-refractivity contribution >= 4 is 5.91 Å². The molecule has 1 heterocycles. The molecule has 1 aromatic rings. The van der Waals surface area contributed by atoms with Gasteiger partial charge >= 0.3 is 0 Å². The molecular weight excluding hydrogens is 262 g/mol. The fourth-order valence-corrected chi connectivity index (χ4v) is 2.68. The van der Waals surface area contributed by atoms with Gasteiger partial charge in [-0.2, -0.15) is 0 Å². The maximum atomic E-state index is 12.1. The number of nitrogens with one attached hydrogen (secondary N) is 1. The van der Waals surface area contributed by atoms with Crippen LogP contribution in [0, 0.1) is 0 Å². The highest BCUT2D eigenvalue weighted by Gasteiger charge is 2.19. The molecule has 1 aliphatic heterocycles. The summed E-state index contributed by atoms with van der Waals surface area (Å²) in [6.07, 6.45) is 2.14. The highest BCUT2D eigenvalue weighted by atomic mass is 16.2. The largest absolute Gasteiger partial charge is 0.339 e. The molecule has 1 fully saturated rings. The van der Waals surface area contributed by atoms with Crippen LogP contribution in [0.2, 0.25) is 0 Å². The first-order chi connectivity index (χ1) is 10.3. The molecule has 21 heavy (non-hydrogen) atoms. The van der Waals surface area contributed by atoms with Crippen LogP contribution in [0.3, 0.4) is 0 Å². The third-order valence-electron chi connectivity index (χ3n) is 4.11. The van der Waals surface area contributed by atoms with Crippen LogP contribution in [0.15, 0.2) is 30.3 Å². The summed E-state index contributed by atoms with van der Waals surface area (Å²) in [5.41, 5.74) is 1.36. The second-order valence-electron chi connectivity index (χ2n) is 5.58. The molecule has 1 aliphatic rings. The molecule has 116 valence electrons. The van der Waals surface area contributed by atoms with Crippen LogP contribution in [-0.2, 0) is 11.2 Å². The Labute approximate surface area is 128 Å². The number of hydrogen-bond acceptors (Lipinski definition) is 3. The summed E-state index contributed by atoms with van der Waals surface area (Å²) in [6.45, 7) is 8.39. The SMILES string of the molecule is CCN1CCN(C(=O)CNCCCc2ccccc2)CC1. The zero-order valence-corrected chi connectivity index (χ0v) is 13.1. The monoisotopic (exact) mass is 289 g/mol. The summed E-state index contributed by atoms with van der Waals surface area (Å²) in [6, 6.07) is 10.5. The van der Waals surface area contributed by atoms with Crippen molar-refractivity contribution in [2.24, 2.45) is 0 Å². The molecule has 1 aromatic carbocycles. The van der Waals surface area contributed by atoms with Gasteiger partial charge in [-0.15, -0.1) is 0 Å². The second kappa shape index (κ2) is 8.80. The lowest BCUT2D eigenvalue weighted by Gasteiger charge is -2.34. The third kappa shape index (κ3) is 5.48. The van der Waals surface area contributed by atoms with E-state index in [-0.39, 0.29) is 5.91 Å². The zero-order valence-electron chi connectivity index (χ0n) is 13.1. The van der Waals surface area contributed by atoms with E-state index in [1.165, 1.54) is 5.56 Å². The van der Waals surface area contributed by atoms with Gasteiger partial charge in [0.1, 0.15) is 0 Å². The van der Waals surface area contributed by atoms with Crippen molar-refractivity contribution in [3.8, 4) is 0 Å². The molecular formula is C17H27N3O. The molecule has 0 aliphatic carbocycles. The van der Waals surface area contributed by atoms with Crippen LogP contribution in [0.5, 0.6) is 0 Å². The van der Waals surface area contributed by atoms with E-state index in [0.717, 1.165) is 52.1 Å². The fourth-order valence-electron chi connectivity index (χ4n) is 2.68. The van der Waals surface area contributed by atoms with Gasteiger partial charge in [0.15, 0.2) is 0 Å². The average Bonchev–Trinajstić information content (AvgIpc) is 2.55. The van der Waals surface area contributed by atoms with E-state index in [0.29, 0.717) is 6.54 Å². The average molecular weight is 289 g/mol. The Bertz CT molecular complexity index is 413. The zero-order chi connectivity index (χ0) is 14.9. The number of amides is 1. The van der Waals surface area contributed by atoms with Gasteiger partial charge in [0.2, 0.25) is 5.91 Å². The van der Waals surface area contributed by atoms with Crippen molar-refractivity contribution in [1.82, 2.24) is 15.1 Å². The lowest BCUT2D eigenvalue weighted by atomic mass is 10.1. The van der Waals surface area contributed by atoms with E-state index in [1.807, 2.05) is 11.0 Å². The Hall–Kier alpha value is -1.39. The molecule has 1 N–H and O–H groups in total. The van der Waals surface area contributed by atoms with Crippen molar-refractivity contribution in [3.63, 3.8) is 0 Å². The van der Waals surface area contributed by atoms with Crippen LogP contribution >= 0.6 is 0 Å². The maximum Gasteiger partial charge on any atom is 0.236 e. The highest BCUT2D eigenvalue weighted by Crippen LogP contribution is 2.02. The van der Waals surface area contributed by atoms with E-state index in [2.05, 4.69) is 41.4 Å². The summed E-state index contributed by atoms with van der Waals surface area (Å²) >= 11 is 0. The molecule has 4 nitrogen and oxygen atoms in total. The minimum absolute atomic E-state index is 0.241. The van der Waals surface area contributed by atoms with Gasteiger partial charge in [-0.05, 0) is 31.5 Å². The molecule has 0 aromatic heterocycles. The Balaban J connectivity index is 1.55. The molecule has 0 radical (unpaired) electrons. The van der Waals surface area contributed by atoms with Crippen molar-refractivity contribution in [2.45, 2.75) is 19.8 Å². The van der Waals surface area contributed by atoms with Gasteiger partial charge in [0.25, 0.3) is 0 Å². The Morgan fingerprint density at radius 1 is 1.14 bits per heavy atom. The van der Waals surface area contributed by atoms with E-state index in [1.54, 1.807) is 0 Å². The highest BCUT2D eigenvalue weighted by molar-refractivity contribution is 5.78. The molecule has 4 heteroatoms. The van der Waals surface area contributed by atoms with Crippen LogP contribution in [0.1, 0.15) is 18.9 Å². The molecule has 2 rings (SSSR count). The molecule has 0 spiro atoms. The Morgan fingerprint density at radius 2 is 1.86 bits per heavy atom. The molecule has 0 atom stereocenters. The van der Waals surface area contributed by atoms with E-state index in [4.69, 9.17) is 0 Å². The van der Waals surface area contributed by atoms with Crippen molar-refractivity contribution in [2.75, 3.05) is 45.8 Å². The number of rotatable bonds is 7. The first-order valence-corrected chi connectivity index (χ1v) is 8.04. The van der Waals surface area contributed by atoms with Gasteiger partial charge in [-0.3, -0.25) is 4.79 Å². The number of benzene rings is 1. The number of likely N-dealkylation sites (N-methyl/N-ethyl adjacent to an activating group) is 1. The number of aryl methyl sites for hydroxylation is 1. The predicted octanol–water partition coefficient (Wildman–Crippen LogP) is 1.37. The summed E-state index contributed by atoms with van der Waals surface area (Å²) in [5.74, 6) is 0.241. The number of nitrogens with zero attached hydrogens (tertiary/aromatic N) is 2. The van der Waals surface area contributed by atoms with E-state index in [9.17, 15) is 4.79 Å². The molecule has 1 saturated heterocycles. The lowest BCUT2D eigenvalue weighted by Crippen LogP contribution is -2.50.